The highest BCUT2D eigenvalue weighted by Gasteiger charge is 2.22. The first kappa shape index (κ1) is 41.6. The van der Waals surface area contributed by atoms with E-state index in [2.05, 4.69) is 259 Å². The summed E-state index contributed by atoms with van der Waals surface area (Å²) in [6.07, 6.45) is 8.71. The number of anilines is 6. The first-order chi connectivity index (χ1) is 30.0. The molecule has 62 heavy (non-hydrogen) atoms. The second kappa shape index (κ2) is 18.2. The molecule has 0 atom stereocenters. The molecule has 0 N–H and O–H groups in total. The SMILES string of the molecule is Cc1cc(C)c(N(c2ccc(/C=C/c3ccccc3)cc2)c2ccc(-c3ccc(N(c4ccc(/C=C/c5ccccc5)cc4)c4c(C)cc(C)cc4C)c(C)c3)cc2C)c(C)c1. The lowest BCUT2D eigenvalue weighted by Crippen LogP contribution is -2.14. The van der Waals surface area contributed by atoms with Crippen LogP contribution < -0.4 is 9.80 Å². The molecule has 8 aromatic rings. The fourth-order valence-corrected chi connectivity index (χ4v) is 8.98. The van der Waals surface area contributed by atoms with Gasteiger partial charge in [-0.1, -0.05) is 157 Å². The number of hydrogen-bond donors (Lipinski definition) is 0. The number of aryl methyl sites for hydroxylation is 8. The minimum Gasteiger partial charge on any atom is -0.310 e. The van der Waals surface area contributed by atoms with Gasteiger partial charge in [0.1, 0.15) is 0 Å². The van der Waals surface area contributed by atoms with E-state index in [1.54, 1.807) is 0 Å². The summed E-state index contributed by atoms with van der Waals surface area (Å²) in [7, 11) is 0. The predicted octanol–water partition coefficient (Wildman–Crippen LogP) is 17.1. The van der Waals surface area contributed by atoms with Crippen LogP contribution in [0.15, 0.2) is 170 Å². The Hall–Kier alpha value is -7.16. The Labute approximate surface area is 369 Å². The Kier molecular flexibility index (Phi) is 12.2. The van der Waals surface area contributed by atoms with E-state index in [0.29, 0.717) is 0 Å². The van der Waals surface area contributed by atoms with E-state index in [1.165, 1.54) is 101 Å². The summed E-state index contributed by atoms with van der Waals surface area (Å²) < 4.78 is 0. The summed E-state index contributed by atoms with van der Waals surface area (Å²) in [4.78, 5) is 4.88. The molecule has 8 rings (SSSR count). The van der Waals surface area contributed by atoms with Gasteiger partial charge in [0, 0.05) is 22.7 Å². The van der Waals surface area contributed by atoms with Crippen molar-refractivity contribution in [2.24, 2.45) is 0 Å². The van der Waals surface area contributed by atoms with E-state index >= 15 is 0 Å². The molecule has 0 unspecified atom stereocenters. The Morgan fingerprint density at radius 2 is 0.597 bits per heavy atom. The standard InChI is InChI=1S/C60H56N2/c1-41-35-45(5)59(46(6)36-41)61(55-29-23-51(24-30-55)21-19-49-15-11-9-12-16-49)57-33-27-53(39-43(57)3)54-28-34-58(44(4)40-54)62(60-47(7)37-42(2)38-48(60)8)56-31-25-52(26-32-56)22-20-50-17-13-10-14-18-50/h9-40H,1-8H3/b21-19+,22-20+. The van der Waals surface area contributed by atoms with Gasteiger partial charge in [-0.25, -0.2) is 0 Å². The molecule has 0 saturated carbocycles. The van der Waals surface area contributed by atoms with Crippen molar-refractivity contribution in [2.75, 3.05) is 9.80 Å². The van der Waals surface area contributed by atoms with E-state index in [1.807, 2.05) is 0 Å². The van der Waals surface area contributed by atoms with Gasteiger partial charge >= 0.3 is 0 Å². The molecule has 0 aliphatic carbocycles. The van der Waals surface area contributed by atoms with Crippen LogP contribution in [0.2, 0.25) is 0 Å². The highest BCUT2D eigenvalue weighted by Crippen LogP contribution is 2.44. The maximum Gasteiger partial charge on any atom is 0.0520 e. The monoisotopic (exact) mass is 804 g/mol. The van der Waals surface area contributed by atoms with Crippen molar-refractivity contribution in [2.45, 2.75) is 55.4 Å². The number of hydrogen-bond acceptors (Lipinski definition) is 2. The van der Waals surface area contributed by atoms with Gasteiger partial charge in [0.25, 0.3) is 0 Å². The molecular formula is C60H56N2. The Morgan fingerprint density at radius 3 is 0.903 bits per heavy atom. The number of nitrogens with zero attached hydrogens (tertiary/aromatic N) is 2. The molecule has 0 aliphatic rings. The van der Waals surface area contributed by atoms with Crippen molar-refractivity contribution in [3.8, 4) is 11.1 Å². The number of benzene rings is 8. The Bertz CT molecular complexity index is 2650. The fourth-order valence-electron chi connectivity index (χ4n) is 8.98. The average Bonchev–Trinajstić information content (AvgIpc) is 3.26. The van der Waals surface area contributed by atoms with Crippen LogP contribution >= 0.6 is 0 Å². The molecule has 2 heteroatoms. The lowest BCUT2D eigenvalue weighted by Gasteiger charge is -2.31. The van der Waals surface area contributed by atoms with Crippen molar-refractivity contribution < 1.29 is 0 Å². The summed E-state index contributed by atoms with van der Waals surface area (Å²) in [5, 5.41) is 0. The summed E-state index contributed by atoms with van der Waals surface area (Å²) >= 11 is 0. The van der Waals surface area contributed by atoms with Crippen LogP contribution in [0, 0.1) is 55.4 Å². The zero-order valence-corrected chi connectivity index (χ0v) is 37.4. The van der Waals surface area contributed by atoms with Crippen molar-refractivity contribution in [1.29, 1.82) is 0 Å². The maximum absolute atomic E-state index is 2.44. The van der Waals surface area contributed by atoms with Crippen LogP contribution in [-0.2, 0) is 0 Å². The van der Waals surface area contributed by atoms with Crippen LogP contribution in [-0.4, -0.2) is 0 Å². The molecule has 0 amide bonds. The third kappa shape index (κ3) is 9.11. The molecule has 0 bridgehead atoms. The van der Waals surface area contributed by atoms with E-state index < -0.39 is 0 Å². The topological polar surface area (TPSA) is 6.48 Å². The largest absolute Gasteiger partial charge is 0.310 e. The minimum atomic E-state index is 1.13. The third-order valence-corrected chi connectivity index (χ3v) is 11.8. The van der Waals surface area contributed by atoms with Crippen molar-refractivity contribution >= 4 is 58.4 Å². The van der Waals surface area contributed by atoms with Crippen LogP contribution in [0.5, 0.6) is 0 Å². The molecule has 0 aliphatic heterocycles. The van der Waals surface area contributed by atoms with Gasteiger partial charge in [-0.15, -0.1) is 0 Å². The number of rotatable bonds is 11. The van der Waals surface area contributed by atoms with Crippen LogP contribution in [0.3, 0.4) is 0 Å². The molecule has 8 aromatic carbocycles. The Morgan fingerprint density at radius 1 is 0.290 bits per heavy atom. The van der Waals surface area contributed by atoms with Crippen molar-refractivity contribution in [3.63, 3.8) is 0 Å². The molecule has 0 fully saturated rings. The highest BCUT2D eigenvalue weighted by molar-refractivity contribution is 5.87. The van der Waals surface area contributed by atoms with Crippen LogP contribution in [0.25, 0.3) is 35.4 Å². The lowest BCUT2D eigenvalue weighted by molar-refractivity contribution is 1.18. The summed E-state index contributed by atoms with van der Waals surface area (Å²) in [6.45, 7) is 17.8. The van der Waals surface area contributed by atoms with Gasteiger partial charge in [0.2, 0.25) is 0 Å². The van der Waals surface area contributed by atoms with Crippen molar-refractivity contribution in [1.82, 2.24) is 0 Å². The average molecular weight is 805 g/mol. The molecular weight excluding hydrogens is 749 g/mol. The smallest absolute Gasteiger partial charge is 0.0520 e. The van der Waals surface area contributed by atoms with Gasteiger partial charge in [-0.3, -0.25) is 0 Å². The van der Waals surface area contributed by atoms with Gasteiger partial charge in [-0.2, -0.15) is 0 Å². The molecule has 0 radical (unpaired) electrons. The van der Waals surface area contributed by atoms with Gasteiger partial charge in [0.05, 0.1) is 11.4 Å². The quantitative estimate of drug-likeness (QED) is 0.120. The first-order valence-electron chi connectivity index (χ1n) is 21.7. The molecule has 0 aromatic heterocycles. The second-order valence-corrected chi connectivity index (χ2v) is 16.8. The second-order valence-electron chi connectivity index (χ2n) is 16.8. The van der Waals surface area contributed by atoms with Gasteiger partial charge < -0.3 is 9.80 Å². The summed E-state index contributed by atoms with van der Waals surface area (Å²) in [5.74, 6) is 0. The zero-order chi connectivity index (χ0) is 43.3. The predicted molar refractivity (Wildman–Crippen MR) is 270 cm³/mol. The molecule has 0 spiro atoms. The molecule has 2 nitrogen and oxygen atoms in total. The zero-order valence-electron chi connectivity index (χ0n) is 37.4. The van der Waals surface area contributed by atoms with Crippen LogP contribution in [0.4, 0.5) is 34.1 Å². The fraction of sp³-hybridized carbons (Fsp3) is 0.133. The summed E-state index contributed by atoms with van der Waals surface area (Å²) in [5.41, 5.74) is 24.2. The van der Waals surface area contributed by atoms with Crippen molar-refractivity contribution in [3.05, 3.63) is 237 Å². The lowest BCUT2D eigenvalue weighted by atomic mass is 9.97. The van der Waals surface area contributed by atoms with E-state index in [9.17, 15) is 0 Å². The third-order valence-electron chi connectivity index (χ3n) is 11.8. The maximum atomic E-state index is 2.44. The van der Waals surface area contributed by atoms with Crippen LogP contribution in [0.1, 0.15) is 66.8 Å². The molecule has 0 saturated heterocycles. The van der Waals surface area contributed by atoms with Gasteiger partial charge in [-0.05, 0) is 171 Å². The normalized spacial score (nSPS) is 11.4. The van der Waals surface area contributed by atoms with E-state index in [-0.39, 0.29) is 0 Å². The first-order valence-corrected chi connectivity index (χ1v) is 21.7. The highest BCUT2D eigenvalue weighted by atomic mass is 15.2. The van der Waals surface area contributed by atoms with Gasteiger partial charge in [0.15, 0.2) is 0 Å². The molecule has 306 valence electrons. The van der Waals surface area contributed by atoms with E-state index in [4.69, 9.17) is 0 Å². The molecule has 0 heterocycles. The summed E-state index contributed by atoms with van der Waals surface area (Å²) in [6, 6.07) is 61.8. The Balaban J connectivity index is 1.14. The van der Waals surface area contributed by atoms with E-state index in [0.717, 1.165) is 11.4 Å². The minimum absolute atomic E-state index is 1.13.